The lowest BCUT2D eigenvalue weighted by Gasteiger charge is -2.56. The predicted molar refractivity (Wildman–Crippen MR) is 150 cm³/mol. The molecule has 7 nitrogen and oxygen atoms in total. The van der Waals surface area contributed by atoms with Crippen LogP contribution in [0.3, 0.4) is 0 Å². The molecule has 13 atom stereocenters. The van der Waals surface area contributed by atoms with Crippen molar-refractivity contribution >= 4 is 17.9 Å². The topological polar surface area (TPSA) is 91.4 Å². The highest BCUT2D eigenvalue weighted by molar-refractivity contribution is 5.74. The number of hydrogen-bond donors (Lipinski definition) is 0. The Hall–Kier alpha value is -1.63. The average molecular weight is 561 g/mol. The number of fused-ring (bicyclic) bond motifs is 5. The number of carbonyl (C=O) groups excluding carboxylic acids is 3. The number of esters is 3. The first kappa shape index (κ1) is 29.8. The third kappa shape index (κ3) is 5.00. The average Bonchev–Trinajstić information content (AvgIpc) is 3.57. The fraction of sp³-hybridized carbons (Fsp3) is 0.909. The summed E-state index contributed by atoms with van der Waals surface area (Å²) in [7, 11) is 0. The minimum Gasteiger partial charge on any atom is -0.465 e. The van der Waals surface area contributed by atoms with Gasteiger partial charge in [-0.05, 0) is 84.4 Å². The van der Waals surface area contributed by atoms with E-state index in [0.717, 1.165) is 25.7 Å². The molecule has 0 aromatic rings. The highest BCUT2D eigenvalue weighted by atomic mass is 16.6. The van der Waals surface area contributed by atoms with E-state index in [1.54, 1.807) is 0 Å². The lowest BCUT2D eigenvalue weighted by atomic mass is 9.48. The van der Waals surface area contributed by atoms with Crippen molar-refractivity contribution < 1.29 is 33.3 Å². The van der Waals surface area contributed by atoms with Gasteiger partial charge in [-0.1, -0.05) is 48.0 Å². The van der Waals surface area contributed by atoms with Crippen LogP contribution in [0.5, 0.6) is 0 Å². The Morgan fingerprint density at radius 1 is 0.950 bits per heavy atom. The molecule has 5 fully saturated rings. The smallest absolute Gasteiger partial charge is 0.309 e. The van der Waals surface area contributed by atoms with Gasteiger partial charge in [0, 0.05) is 20.3 Å². The van der Waals surface area contributed by atoms with Crippen LogP contribution < -0.4 is 0 Å². The second kappa shape index (κ2) is 10.9. The standard InChI is InChI=1S/C33H52O7/c1-9-21(17(2)3)30-29(40-30)18(4)23-10-11-24-22-16-37-31(36)26-14-27(38-19(5)34)28(39-20(6)35)15-33(26,8)25(22)12-13-32(23,24)7/h17-18,21-30H,9-16H2,1-8H3/t18-,21-,22?,23+,24?,25?,26?,27-,28+,29?,30?,32+,33+/m0/s1. The number of hydrogen-bond acceptors (Lipinski definition) is 7. The van der Waals surface area contributed by atoms with Crippen LogP contribution in [0.2, 0.25) is 0 Å². The number of rotatable bonds is 7. The van der Waals surface area contributed by atoms with Gasteiger partial charge >= 0.3 is 17.9 Å². The lowest BCUT2D eigenvalue weighted by molar-refractivity contribution is -0.188. The maximum absolute atomic E-state index is 13.5. The monoisotopic (exact) mass is 560 g/mol. The van der Waals surface area contributed by atoms with Crippen molar-refractivity contribution in [2.45, 2.75) is 125 Å². The number of epoxide rings is 1. The van der Waals surface area contributed by atoms with Gasteiger partial charge in [0.15, 0.2) is 0 Å². The zero-order valence-electron chi connectivity index (χ0n) is 25.9. The summed E-state index contributed by atoms with van der Waals surface area (Å²) < 4.78 is 23.8. The van der Waals surface area contributed by atoms with E-state index in [0.29, 0.717) is 67.2 Å². The molecule has 0 bridgehead atoms. The molecule has 5 rings (SSSR count). The van der Waals surface area contributed by atoms with Crippen molar-refractivity contribution in [1.82, 2.24) is 0 Å². The first-order chi connectivity index (χ1) is 18.8. The fourth-order valence-electron chi connectivity index (χ4n) is 10.5. The largest absolute Gasteiger partial charge is 0.465 e. The molecule has 3 saturated carbocycles. The molecular formula is C33H52O7. The molecule has 0 radical (unpaired) electrons. The molecule has 2 aliphatic heterocycles. The minimum atomic E-state index is -0.626. The van der Waals surface area contributed by atoms with Crippen LogP contribution in [0.4, 0.5) is 0 Å². The molecule has 0 aromatic heterocycles. The van der Waals surface area contributed by atoms with Crippen LogP contribution >= 0.6 is 0 Å². The summed E-state index contributed by atoms with van der Waals surface area (Å²) in [5.74, 6) is 2.09. The van der Waals surface area contributed by atoms with Gasteiger partial charge in [-0.15, -0.1) is 0 Å². The summed E-state index contributed by atoms with van der Waals surface area (Å²) in [6.45, 7) is 17.3. The third-order valence-electron chi connectivity index (χ3n) is 12.5. The first-order valence-corrected chi connectivity index (χ1v) is 16.0. The van der Waals surface area contributed by atoms with E-state index in [-0.39, 0.29) is 34.6 Å². The second-order valence-electron chi connectivity index (χ2n) is 14.8. The molecule has 3 aliphatic carbocycles. The van der Waals surface area contributed by atoms with Crippen LogP contribution in [0.15, 0.2) is 0 Å². The van der Waals surface area contributed by atoms with Gasteiger partial charge in [0.05, 0.1) is 24.7 Å². The van der Waals surface area contributed by atoms with E-state index < -0.39 is 18.2 Å². The van der Waals surface area contributed by atoms with Gasteiger partial charge in [-0.25, -0.2) is 0 Å². The highest BCUT2D eigenvalue weighted by Gasteiger charge is 2.65. The molecule has 2 saturated heterocycles. The summed E-state index contributed by atoms with van der Waals surface area (Å²) in [6, 6.07) is 0. The van der Waals surface area contributed by atoms with Crippen LogP contribution in [0.25, 0.3) is 0 Å². The number of carbonyl (C=O) groups is 3. The van der Waals surface area contributed by atoms with Gasteiger partial charge in [-0.3, -0.25) is 14.4 Å². The molecule has 226 valence electrons. The fourth-order valence-corrected chi connectivity index (χ4v) is 10.5. The molecule has 40 heavy (non-hydrogen) atoms. The van der Waals surface area contributed by atoms with Crippen LogP contribution in [0, 0.1) is 58.2 Å². The summed E-state index contributed by atoms with van der Waals surface area (Å²) in [5, 5.41) is 0. The molecule has 5 aliphatic rings. The molecule has 0 spiro atoms. The summed E-state index contributed by atoms with van der Waals surface area (Å²) in [5.41, 5.74) is -0.181. The molecule has 0 N–H and O–H groups in total. The molecule has 6 unspecified atom stereocenters. The highest BCUT2D eigenvalue weighted by Crippen LogP contribution is 2.67. The number of cyclic esters (lactones) is 1. The summed E-state index contributed by atoms with van der Waals surface area (Å²) in [6.07, 6.45) is 6.13. The Kier molecular flexibility index (Phi) is 8.13. The van der Waals surface area contributed by atoms with Gasteiger partial charge in [-0.2, -0.15) is 0 Å². The maximum Gasteiger partial charge on any atom is 0.309 e. The van der Waals surface area contributed by atoms with Crippen molar-refractivity contribution in [1.29, 1.82) is 0 Å². The maximum atomic E-state index is 13.5. The van der Waals surface area contributed by atoms with Gasteiger partial charge < -0.3 is 18.9 Å². The Balaban J connectivity index is 1.38. The zero-order valence-corrected chi connectivity index (χ0v) is 25.9. The molecule has 0 amide bonds. The van der Waals surface area contributed by atoms with E-state index in [9.17, 15) is 14.4 Å². The normalized spacial score (nSPS) is 45.7. The molecular weight excluding hydrogens is 508 g/mol. The molecule has 7 heteroatoms. The Morgan fingerprint density at radius 2 is 1.60 bits per heavy atom. The second-order valence-corrected chi connectivity index (χ2v) is 14.8. The minimum absolute atomic E-state index is 0.187. The van der Waals surface area contributed by atoms with Crippen molar-refractivity contribution in [3.63, 3.8) is 0 Å². The quantitative estimate of drug-likeness (QED) is 0.215. The Morgan fingerprint density at radius 3 is 2.23 bits per heavy atom. The van der Waals surface area contributed by atoms with Gasteiger partial charge in [0.25, 0.3) is 0 Å². The molecule has 0 aromatic carbocycles. The van der Waals surface area contributed by atoms with Crippen LogP contribution in [-0.4, -0.2) is 48.9 Å². The first-order valence-electron chi connectivity index (χ1n) is 16.0. The van der Waals surface area contributed by atoms with E-state index in [2.05, 4.69) is 41.5 Å². The van der Waals surface area contributed by atoms with E-state index >= 15 is 0 Å². The van der Waals surface area contributed by atoms with Crippen molar-refractivity contribution in [2.75, 3.05) is 6.61 Å². The van der Waals surface area contributed by atoms with E-state index in [1.165, 1.54) is 20.3 Å². The summed E-state index contributed by atoms with van der Waals surface area (Å²) in [4.78, 5) is 37.4. The van der Waals surface area contributed by atoms with Crippen molar-refractivity contribution in [3.05, 3.63) is 0 Å². The third-order valence-corrected chi connectivity index (χ3v) is 12.5. The number of ether oxygens (including phenoxy) is 4. The lowest BCUT2D eigenvalue weighted by Crippen LogP contribution is -2.56. The summed E-state index contributed by atoms with van der Waals surface area (Å²) >= 11 is 0. The van der Waals surface area contributed by atoms with Gasteiger partial charge in [0.2, 0.25) is 0 Å². The Bertz CT molecular complexity index is 993. The van der Waals surface area contributed by atoms with E-state index in [1.807, 2.05) is 0 Å². The Labute approximate surface area is 240 Å². The van der Waals surface area contributed by atoms with E-state index in [4.69, 9.17) is 18.9 Å². The van der Waals surface area contributed by atoms with Crippen molar-refractivity contribution in [2.24, 2.45) is 58.2 Å². The van der Waals surface area contributed by atoms with Crippen molar-refractivity contribution in [3.8, 4) is 0 Å². The van der Waals surface area contributed by atoms with Crippen LogP contribution in [-0.2, 0) is 33.3 Å². The predicted octanol–water partition coefficient (Wildman–Crippen LogP) is 5.97. The molecule has 2 heterocycles. The van der Waals surface area contributed by atoms with Gasteiger partial charge in [0.1, 0.15) is 12.2 Å². The zero-order chi connectivity index (χ0) is 29.1. The van der Waals surface area contributed by atoms with Crippen LogP contribution in [0.1, 0.15) is 100 Å². The SMILES string of the molecule is CC[C@@H](C(C)C)C1OC1[C@@H](C)[C@H]1CCC2C3COC(=O)C4C[C@H](OC(C)=O)[C@H](OC(C)=O)C[C@]4(C)C3CC[C@@]21C.